The molecule has 0 aliphatic carbocycles. The number of hydrogen-bond acceptors (Lipinski definition) is 4. The van der Waals surface area contributed by atoms with Gasteiger partial charge in [-0.15, -0.1) is 5.10 Å². The first-order valence-electron chi connectivity index (χ1n) is 6.88. The van der Waals surface area contributed by atoms with Gasteiger partial charge in [-0.2, -0.15) is 0 Å². The van der Waals surface area contributed by atoms with Gasteiger partial charge in [0.25, 0.3) is 0 Å². The molecule has 8 heteroatoms. The fraction of sp³-hybridized carbons (Fsp3) is 0.769. The summed E-state index contributed by atoms with van der Waals surface area (Å²) in [5.41, 5.74) is 0.209. The van der Waals surface area contributed by atoms with Crippen LogP contribution in [0.2, 0.25) is 0 Å². The van der Waals surface area contributed by atoms with Crippen molar-refractivity contribution in [1.29, 1.82) is 0 Å². The summed E-state index contributed by atoms with van der Waals surface area (Å²) in [6.45, 7) is 7.66. The van der Waals surface area contributed by atoms with Crippen LogP contribution in [0, 0.1) is 6.92 Å². The van der Waals surface area contributed by atoms with Crippen LogP contribution < -0.4 is 0 Å². The van der Waals surface area contributed by atoms with Gasteiger partial charge in [0.05, 0.1) is 18.3 Å². The highest BCUT2D eigenvalue weighted by Crippen LogP contribution is 2.28. The number of halogens is 2. The molecule has 1 fully saturated rings. The minimum absolute atomic E-state index is 0.0104. The SMILES string of the molecule is Cc1c(Br)nnn1[C@@H]1CCN(C(=O)OC(C)(C)C)C[C@H]1F. The fourth-order valence-electron chi connectivity index (χ4n) is 2.30. The summed E-state index contributed by atoms with van der Waals surface area (Å²) in [6, 6.07) is -0.400. The van der Waals surface area contributed by atoms with Crippen molar-refractivity contribution in [3.63, 3.8) is 0 Å². The van der Waals surface area contributed by atoms with E-state index in [-0.39, 0.29) is 6.54 Å². The third-order valence-corrected chi connectivity index (χ3v) is 4.08. The number of piperidine rings is 1. The third-order valence-electron chi connectivity index (χ3n) is 3.34. The summed E-state index contributed by atoms with van der Waals surface area (Å²) in [4.78, 5) is 13.4. The third kappa shape index (κ3) is 3.72. The summed E-state index contributed by atoms with van der Waals surface area (Å²) >= 11 is 3.27. The van der Waals surface area contributed by atoms with Crippen molar-refractivity contribution in [1.82, 2.24) is 19.9 Å². The first kappa shape index (κ1) is 16.2. The van der Waals surface area contributed by atoms with E-state index in [1.165, 1.54) is 4.90 Å². The second-order valence-corrected chi connectivity index (χ2v) is 6.96. The minimum Gasteiger partial charge on any atom is -0.444 e. The molecule has 0 N–H and O–H groups in total. The number of likely N-dealkylation sites (tertiary alicyclic amines) is 1. The molecule has 1 aromatic heterocycles. The molecule has 6 nitrogen and oxygen atoms in total. The van der Waals surface area contributed by atoms with Gasteiger partial charge in [0.1, 0.15) is 11.8 Å². The monoisotopic (exact) mass is 362 g/mol. The van der Waals surface area contributed by atoms with E-state index in [1.54, 1.807) is 25.5 Å². The normalized spacial score (nSPS) is 23.2. The van der Waals surface area contributed by atoms with Crippen LogP contribution in [0.1, 0.15) is 38.9 Å². The summed E-state index contributed by atoms with van der Waals surface area (Å²) in [6.07, 6.45) is -1.18. The molecule has 1 aliphatic rings. The average molecular weight is 363 g/mol. The highest BCUT2D eigenvalue weighted by Gasteiger charge is 2.35. The zero-order valence-electron chi connectivity index (χ0n) is 12.6. The van der Waals surface area contributed by atoms with E-state index >= 15 is 0 Å². The zero-order valence-corrected chi connectivity index (χ0v) is 14.2. The van der Waals surface area contributed by atoms with Crippen molar-refractivity contribution in [2.75, 3.05) is 13.1 Å². The van der Waals surface area contributed by atoms with E-state index in [1.807, 2.05) is 6.92 Å². The maximum absolute atomic E-state index is 14.4. The van der Waals surface area contributed by atoms with Crippen LogP contribution in [0.4, 0.5) is 9.18 Å². The van der Waals surface area contributed by atoms with E-state index < -0.39 is 23.9 Å². The Morgan fingerprint density at radius 2 is 2.14 bits per heavy atom. The number of carbonyl (C=O) groups is 1. The number of carbonyl (C=O) groups excluding carboxylic acids is 1. The molecular weight excluding hydrogens is 343 g/mol. The Bertz CT molecular complexity index is 529. The maximum Gasteiger partial charge on any atom is 0.410 e. The summed E-state index contributed by atoms with van der Waals surface area (Å²) < 4.78 is 21.9. The summed E-state index contributed by atoms with van der Waals surface area (Å²) in [5, 5.41) is 7.85. The number of amides is 1. The van der Waals surface area contributed by atoms with Crippen LogP contribution in [-0.4, -0.2) is 50.8 Å². The van der Waals surface area contributed by atoms with E-state index in [4.69, 9.17) is 4.74 Å². The molecule has 0 spiro atoms. The Hall–Kier alpha value is -1.18. The Labute approximate surface area is 131 Å². The molecule has 1 saturated heterocycles. The quantitative estimate of drug-likeness (QED) is 0.770. The van der Waals surface area contributed by atoms with E-state index in [2.05, 4.69) is 26.2 Å². The molecule has 0 unspecified atom stereocenters. The molecule has 1 aromatic rings. The average Bonchev–Trinajstić information content (AvgIpc) is 2.68. The van der Waals surface area contributed by atoms with Gasteiger partial charge < -0.3 is 9.64 Å². The van der Waals surface area contributed by atoms with Crippen LogP contribution >= 0.6 is 15.9 Å². The van der Waals surface area contributed by atoms with Crippen LogP contribution in [0.3, 0.4) is 0 Å². The lowest BCUT2D eigenvalue weighted by molar-refractivity contribution is 0.00546. The largest absolute Gasteiger partial charge is 0.444 e. The second kappa shape index (κ2) is 5.90. The molecule has 2 rings (SSSR count). The van der Waals surface area contributed by atoms with Crippen molar-refractivity contribution < 1.29 is 13.9 Å². The van der Waals surface area contributed by atoms with E-state index in [9.17, 15) is 9.18 Å². The molecule has 0 radical (unpaired) electrons. The van der Waals surface area contributed by atoms with Crippen LogP contribution in [-0.2, 0) is 4.74 Å². The van der Waals surface area contributed by atoms with Crippen LogP contribution in [0.25, 0.3) is 0 Å². The molecule has 0 aromatic carbocycles. The smallest absolute Gasteiger partial charge is 0.410 e. The molecule has 1 aliphatic heterocycles. The molecule has 2 atom stereocenters. The van der Waals surface area contributed by atoms with Gasteiger partial charge in [-0.3, -0.25) is 0 Å². The molecular formula is C13H20BrFN4O2. The Kier molecular flexibility index (Phi) is 4.55. The van der Waals surface area contributed by atoms with E-state index in [0.29, 0.717) is 17.6 Å². The Balaban J connectivity index is 2.02. The lowest BCUT2D eigenvalue weighted by Crippen LogP contribution is -2.47. The molecule has 0 saturated carbocycles. The van der Waals surface area contributed by atoms with Crippen molar-refractivity contribution in [2.24, 2.45) is 0 Å². The van der Waals surface area contributed by atoms with Gasteiger partial charge in [0.15, 0.2) is 4.60 Å². The summed E-state index contributed by atoms with van der Waals surface area (Å²) in [7, 11) is 0. The second-order valence-electron chi connectivity index (χ2n) is 6.21. The lowest BCUT2D eigenvalue weighted by atomic mass is 10.0. The minimum atomic E-state index is -1.20. The van der Waals surface area contributed by atoms with Gasteiger partial charge in [0, 0.05) is 6.54 Å². The highest BCUT2D eigenvalue weighted by molar-refractivity contribution is 9.10. The Morgan fingerprint density at radius 1 is 1.48 bits per heavy atom. The number of hydrogen-bond donors (Lipinski definition) is 0. The maximum atomic E-state index is 14.4. The number of aromatic nitrogens is 3. The molecule has 1 amide bonds. The predicted molar refractivity (Wildman–Crippen MR) is 78.8 cm³/mol. The standard InChI is InChI=1S/C13H20BrFN4O2/c1-8-11(14)16-17-19(8)10-5-6-18(7-9(10)15)12(20)21-13(2,3)4/h9-10H,5-7H2,1-4H3/t9-,10-/m1/s1. The van der Waals surface area contributed by atoms with Crippen molar-refractivity contribution in [3.8, 4) is 0 Å². The van der Waals surface area contributed by atoms with Gasteiger partial charge in [-0.05, 0) is 50.0 Å². The molecule has 0 bridgehead atoms. The van der Waals surface area contributed by atoms with Gasteiger partial charge >= 0.3 is 6.09 Å². The van der Waals surface area contributed by atoms with Gasteiger partial charge in [0.2, 0.25) is 0 Å². The summed E-state index contributed by atoms with van der Waals surface area (Å²) in [5.74, 6) is 0. The van der Waals surface area contributed by atoms with Crippen molar-refractivity contribution >= 4 is 22.0 Å². The number of nitrogens with zero attached hydrogens (tertiary/aromatic N) is 4. The van der Waals surface area contributed by atoms with Crippen LogP contribution in [0.15, 0.2) is 4.60 Å². The first-order valence-corrected chi connectivity index (χ1v) is 7.67. The van der Waals surface area contributed by atoms with Gasteiger partial charge in [-0.1, -0.05) is 5.21 Å². The fourth-order valence-corrected chi connectivity index (χ4v) is 2.55. The van der Waals surface area contributed by atoms with Gasteiger partial charge in [-0.25, -0.2) is 13.9 Å². The molecule has 2 heterocycles. The zero-order chi connectivity index (χ0) is 15.8. The number of rotatable bonds is 1. The van der Waals surface area contributed by atoms with Crippen LogP contribution in [0.5, 0.6) is 0 Å². The number of alkyl halides is 1. The Morgan fingerprint density at radius 3 is 2.62 bits per heavy atom. The van der Waals surface area contributed by atoms with Crippen molar-refractivity contribution in [2.45, 2.75) is 51.9 Å². The molecule has 21 heavy (non-hydrogen) atoms. The van der Waals surface area contributed by atoms with Crippen molar-refractivity contribution in [3.05, 3.63) is 10.3 Å². The topological polar surface area (TPSA) is 60.2 Å². The predicted octanol–water partition coefficient (Wildman–Crippen LogP) is 2.87. The number of ether oxygens (including phenoxy) is 1. The highest BCUT2D eigenvalue weighted by atomic mass is 79.9. The first-order chi connectivity index (χ1) is 9.69. The lowest BCUT2D eigenvalue weighted by Gasteiger charge is -2.35. The molecule has 118 valence electrons. The van der Waals surface area contributed by atoms with E-state index in [0.717, 1.165) is 5.69 Å².